The first-order valence-electron chi connectivity index (χ1n) is 11.1. The summed E-state index contributed by atoms with van der Waals surface area (Å²) >= 11 is 7.80. The maximum atomic E-state index is 12.4. The van der Waals surface area contributed by atoms with Gasteiger partial charge < -0.3 is 19.3 Å². The Balaban J connectivity index is 1.24. The lowest BCUT2D eigenvalue weighted by atomic mass is 10.0. The minimum atomic E-state index is -0.459. The highest BCUT2D eigenvalue weighted by atomic mass is 35.5. The van der Waals surface area contributed by atoms with Crippen LogP contribution in [0.5, 0.6) is 0 Å². The van der Waals surface area contributed by atoms with Gasteiger partial charge in [-0.15, -0.1) is 0 Å². The minimum Gasteiger partial charge on any atom is -0.444 e. The van der Waals surface area contributed by atoms with Crippen LogP contribution in [-0.2, 0) is 16.0 Å². The van der Waals surface area contributed by atoms with Gasteiger partial charge in [0.2, 0.25) is 5.28 Å². The molecule has 5 rings (SSSR count). The van der Waals surface area contributed by atoms with Crippen LogP contribution in [-0.4, -0.2) is 88.9 Å². The molecule has 3 fully saturated rings. The molecule has 11 heteroatoms. The Morgan fingerprint density at radius 1 is 1.12 bits per heavy atom. The summed E-state index contributed by atoms with van der Waals surface area (Å²) in [5.74, 6) is 1.77. The van der Waals surface area contributed by atoms with E-state index in [0.717, 1.165) is 67.0 Å². The molecule has 2 aromatic heterocycles. The normalized spacial score (nSPS) is 24.4. The number of ether oxygens (including phenoxy) is 2. The molecule has 3 aliphatic heterocycles. The van der Waals surface area contributed by atoms with Gasteiger partial charge in [-0.2, -0.15) is 4.98 Å². The van der Waals surface area contributed by atoms with Crippen LogP contribution < -0.4 is 4.90 Å². The number of halogens is 1. The van der Waals surface area contributed by atoms with Crippen molar-refractivity contribution >= 4 is 45.2 Å². The summed E-state index contributed by atoms with van der Waals surface area (Å²) in [6.07, 6.45) is -0.198. The standard InChI is InChI=1S/C21H29ClN6O3S/c1-21(2,3)31-20(29)28-10-13-8-26(9-14(13)11-28)12-15-23-16-17(27-4-6-30-7-5-27)24-19(22)25-18(16)32-15/h13-14H,4-12H2,1-3H3. The lowest BCUT2D eigenvalue weighted by Gasteiger charge is -2.27. The van der Waals surface area contributed by atoms with Crippen molar-refractivity contribution in [3.63, 3.8) is 0 Å². The third-order valence-corrected chi connectivity index (χ3v) is 7.24. The average Bonchev–Trinajstić information content (AvgIpc) is 3.39. The third-order valence-electron chi connectivity index (χ3n) is 6.14. The SMILES string of the molecule is CC(C)(C)OC(=O)N1CC2CN(Cc3nc4c(N5CCOCC5)nc(Cl)nc4s3)CC2C1. The number of carbonyl (C=O) groups excluding carboxylic acids is 1. The molecule has 0 aliphatic carbocycles. The van der Waals surface area contributed by atoms with Crippen molar-refractivity contribution in [2.45, 2.75) is 32.9 Å². The molecule has 2 atom stereocenters. The van der Waals surface area contributed by atoms with Gasteiger partial charge in [0.05, 0.1) is 19.8 Å². The summed E-state index contributed by atoms with van der Waals surface area (Å²) in [5, 5.41) is 1.28. The second kappa shape index (κ2) is 8.55. The Labute approximate surface area is 196 Å². The van der Waals surface area contributed by atoms with Crippen molar-refractivity contribution in [1.29, 1.82) is 0 Å². The van der Waals surface area contributed by atoms with E-state index in [4.69, 9.17) is 26.1 Å². The van der Waals surface area contributed by atoms with E-state index in [-0.39, 0.29) is 11.4 Å². The Morgan fingerprint density at radius 2 is 1.81 bits per heavy atom. The number of thiazole rings is 1. The maximum Gasteiger partial charge on any atom is 0.410 e. The van der Waals surface area contributed by atoms with Gasteiger partial charge in [0.15, 0.2) is 10.6 Å². The van der Waals surface area contributed by atoms with Crippen LogP contribution in [0.3, 0.4) is 0 Å². The van der Waals surface area contributed by atoms with Gasteiger partial charge in [-0.3, -0.25) is 4.90 Å². The fraction of sp³-hybridized carbons (Fsp3) is 0.714. The number of rotatable bonds is 3. The van der Waals surface area contributed by atoms with Gasteiger partial charge in [0.1, 0.15) is 16.1 Å². The van der Waals surface area contributed by atoms with Crippen molar-refractivity contribution < 1.29 is 14.3 Å². The van der Waals surface area contributed by atoms with Gasteiger partial charge in [-0.05, 0) is 44.2 Å². The second-order valence-electron chi connectivity index (χ2n) is 9.78. The highest BCUT2D eigenvalue weighted by Gasteiger charge is 2.42. The predicted octanol–water partition coefficient (Wildman–Crippen LogP) is 2.88. The van der Waals surface area contributed by atoms with Crippen LogP contribution >= 0.6 is 22.9 Å². The van der Waals surface area contributed by atoms with Crippen molar-refractivity contribution in [2.75, 3.05) is 57.4 Å². The summed E-state index contributed by atoms with van der Waals surface area (Å²) < 4.78 is 11.0. The van der Waals surface area contributed by atoms with Gasteiger partial charge in [0, 0.05) is 39.3 Å². The topological polar surface area (TPSA) is 83.9 Å². The second-order valence-corrected chi connectivity index (χ2v) is 11.2. The number of likely N-dealkylation sites (tertiary alicyclic amines) is 2. The minimum absolute atomic E-state index is 0.198. The molecule has 0 N–H and O–H groups in total. The smallest absolute Gasteiger partial charge is 0.410 e. The number of aromatic nitrogens is 3. The van der Waals surface area contributed by atoms with E-state index < -0.39 is 5.60 Å². The molecule has 0 saturated carbocycles. The van der Waals surface area contributed by atoms with Gasteiger partial charge in [0.25, 0.3) is 0 Å². The zero-order chi connectivity index (χ0) is 22.5. The fourth-order valence-electron chi connectivity index (χ4n) is 4.78. The van der Waals surface area contributed by atoms with E-state index in [0.29, 0.717) is 25.0 Å². The largest absolute Gasteiger partial charge is 0.444 e. The quantitative estimate of drug-likeness (QED) is 0.620. The Morgan fingerprint density at radius 3 is 2.47 bits per heavy atom. The highest BCUT2D eigenvalue weighted by molar-refractivity contribution is 7.18. The number of anilines is 1. The van der Waals surface area contributed by atoms with E-state index in [1.165, 1.54) is 0 Å². The molecule has 1 amide bonds. The zero-order valence-electron chi connectivity index (χ0n) is 18.7. The zero-order valence-corrected chi connectivity index (χ0v) is 20.3. The summed E-state index contributed by atoms with van der Waals surface area (Å²) in [6.45, 7) is 12.9. The van der Waals surface area contributed by atoms with Crippen LogP contribution in [0, 0.1) is 11.8 Å². The monoisotopic (exact) mass is 480 g/mol. The van der Waals surface area contributed by atoms with Crippen LogP contribution in [0.1, 0.15) is 25.8 Å². The molecule has 0 bridgehead atoms. The number of hydrogen-bond acceptors (Lipinski definition) is 9. The first kappa shape index (κ1) is 22.1. The predicted molar refractivity (Wildman–Crippen MR) is 123 cm³/mol. The Bertz CT molecular complexity index is 991. The van der Waals surface area contributed by atoms with Crippen LogP contribution in [0.25, 0.3) is 10.3 Å². The number of amides is 1. The van der Waals surface area contributed by atoms with E-state index in [2.05, 4.69) is 19.8 Å². The number of morpholine rings is 1. The van der Waals surface area contributed by atoms with Crippen LogP contribution in [0.4, 0.5) is 10.6 Å². The molecular formula is C21H29ClN6O3S. The molecule has 174 valence electrons. The first-order chi connectivity index (χ1) is 15.2. The summed E-state index contributed by atoms with van der Waals surface area (Å²) in [4.78, 5) is 33.5. The van der Waals surface area contributed by atoms with E-state index >= 15 is 0 Å². The van der Waals surface area contributed by atoms with Crippen molar-refractivity contribution in [1.82, 2.24) is 24.8 Å². The number of carbonyl (C=O) groups is 1. The van der Waals surface area contributed by atoms with Gasteiger partial charge in [-0.25, -0.2) is 14.8 Å². The van der Waals surface area contributed by atoms with E-state index in [1.807, 2.05) is 25.7 Å². The van der Waals surface area contributed by atoms with Gasteiger partial charge >= 0.3 is 6.09 Å². The highest BCUT2D eigenvalue weighted by Crippen LogP contribution is 2.35. The molecular weight excluding hydrogens is 452 g/mol. The summed E-state index contributed by atoms with van der Waals surface area (Å²) in [7, 11) is 0. The Hall–Kier alpha value is -1.75. The average molecular weight is 481 g/mol. The summed E-state index contributed by atoms with van der Waals surface area (Å²) in [5.41, 5.74) is 0.367. The number of nitrogens with zero attached hydrogens (tertiary/aromatic N) is 6. The molecule has 32 heavy (non-hydrogen) atoms. The van der Waals surface area contributed by atoms with Crippen LogP contribution in [0.15, 0.2) is 0 Å². The Kier molecular flexibility index (Phi) is 5.90. The lowest BCUT2D eigenvalue weighted by Crippen LogP contribution is -2.37. The molecule has 0 radical (unpaired) electrons. The molecule has 2 unspecified atom stereocenters. The number of fused-ring (bicyclic) bond motifs is 2. The molecule has 3 saturated heterocycles. The summed E-state index contributed by atoms with van der Waals surface area (Å²) in [6, 6.07) is 0. The molecule has 2 aromatic rings. The van der Waals surface area contributed by atoms with Crippen molar-refractivity contribution in [3.8, 4) is 0 Å². The number of hydrogen-bond donors (Lipinski definition) is 0. The molecule has 9 nitrogen and oxygen atoms in total. The molecule has 0 aromatic carbocycles. The van der Waals surface area contributed by atoms with Gasteiger partial charge in [-0.1, -0.05) is 11.3 Å². The molecule has 5 heterocycles. The first-order valence-corrected chi connectivity index (χ1v) is 12.3. The van der Waals surface area contributed by atoms with Crippen LogP contribution in [0.2, 0.25) is 5.28 Å². The maximum absolute atomic E-state index is 12.4. The molecule has 0 spiro atoms. The van der Waals surface area contributed by atoms with Crippen molar-refractivity contribution in [2.24, 2.45) is 11.8 Å². The van der Waals surface area contributed by atoms with E-state index in [1.54, 1.807) is 11.3 Å². The van der Waals surface area contributed by atoms with Crippen molar-refractivity contribution in [3.05, 3.63) is 10.3 Å². The third kappa shape index (κ3) is 4.64. The lowest BCUT2D eigenvalue weighted by molar-refractivity contribution is 0.0274. The fourth-order valence-corrected chi connectivity index (χ4v) is 5.96. The molecule has 3 aliphatic rings. The van der Waals surface area contributed by atoms with E-state index in [9.17, 15) is 4.79 Å².